The van der Waals surface area contributed by atoms with E-state index in [0.717, 1.165) is 11.8 Å². The van der Waals surface area contributed by atoms with Crippen molar-refractivity contribution >= 4 is 0 Å². The van der Waals surface area contributed by atoms with Crippen LogP contribution in [0, 0.1) is 11.8 Å². The summed E-state index contributed by atoms with van der Waals surface area (Å²) in [6, 6.07) is 0.486. The summed E-state index contributed by atoms with van der Waals surface area (Å²) in [5.74, 6) is 1.71. The number of unbranched alkanes of at least 4 members (excludes halogenated alkanes) is 3. The molecule has 0 aromatic heterocycles. The molecule has 1 saturated heterocycles. The van der Waals surface area contributed by atoms with Crippen molar-refractivity contribution in [1.29, 1.82) is 0 Å². The zero-order valence-corrected chi connectivity index (χ0v) is 11.1. The van der Waals surface area contributed by atoms with Crippen LogP contribution in [0.4, 0.5) is 0 Å². The van der Waals surface area contributed by atoms with E-state index in [1.165, 1.54) is 64.6 Å². The van der Waals surface area contributed by atoms with Gasteiger partial charge in [-0.1, -0.05) is 18.9 Å². The molecule has 1 heterocycles. The largest absolute Gasteiger partial charge is 0.327 e. The normalized spacial score (nSPS) is 33.6. The van der Waals surface area contributed by atoms with E-state index in [9.17, 15) is 0 Å². The minimum atomic E-state index is 0.486. The average Bonchev–Trinajstić information content (AvgIpc) is 2.73. The minimum Gasteiger partial charge on any atom is -0.327 e. The van der Waals surface area contributed by atoms with Gasteiger partial charge in [-0.05, 0) is 50.5 Å². The summed E-state index contributed by atoms with van der Waals surface area (Å²) < 4.78 is 0. The number of nitrogens with zero attached hydrogens (tertiary/aromatic N) is 1. The van der Waals surface area contributed by atoms with E-state index in [-0.39, 0.29) is 0 Å². The third kappa shape index (κ3) is 3.56. The van der Waals surface area contributed by atoms with E-state index < -0.39 is 0 Å². The van der Waals surface area contributed by atoms with E-state index in [1.54, 1.807) is 0 Å². The Balaban J connectivity index is 1.65. The van der Waals surface area contributed by atoms with Crippen LogP contribution in [0.5, 0.6) is 0 Å². The quantitative estimate of drug-likeness (QED) is 0.567. The van der Waals surface area contributed by atoms with Gasteiger partial charge >= 0.3 is 0 Å². The molecule has 3 unspecified atom stereocenters. The number of likely N-dealkylation sites (tertiary alicyclic amines) is 1. The maximum Gasteiger partial charge on any atom is 0.00825 e. The van der Waals surface area contributed by atoms with E-state index in [1.807, 2.05) is 6.08 Å². The van der Waals surface area contributed by atoms with Crippen LogP contribution in [0.1, 0.15) is 44.9 Å². The maximum atomic E-state index is 6.24. The van der Waals surface area contributed by atoms with Crippen LogP contribution in [-0.4, -0.2) is 30.6 Å². The standard InChI is InChI=1S/C15H28N2/c1-2-3-4-5-6-10-17-11-13-8-7-9-15(16)14(13)12-17/h2,13-15H,1,3-12,16H2. The topological polar surface area (TPSA) is 29.3 Å². The Morgan fingerprint density at radius 1 is 1.18 bits per heavy atom. The van der Waals surface area contributed by atoms with Gasteiger partial charge < -0.3 is 10.6 Å². The number of hydrogen-bond donors (Lipinski definition) is 1. The molecule has 2 fully saturated rings. The van der Waals surface area contributed by atoms with Crippen LogP contribution in [0.3, 0.4) is 0 Å². The molecule has 2 rings (SSSR count). The molecule has 1 aliphatic carbocycles. The van der Waals surface area contributed by atoms with Crippen LogP contribution in [0.15, 0.2) is 12.7 Å². The number of fused-ring (bicyclic) bond motifs is 1. The summed E-state index contributed by atoms with van der Waals surface area (Å²) in [5, 5.41) is 0. The van der Waals surface area contributed by atoms with Crippen molar-refractivity contribution in [2.45, 2.75) is 51.0 Å². The predicted molar refractivity (Wildman–Crippen MR) is 73.9 cm³/mol. The fraction of sp³-hybridized carbons (Fsp3) is 0.867. The first-order valence-electron chi connectivity index (χ1n) is 7.40. The van der Waals surface area contributed by atoms with Crippen LogP contribution < -0.4 is 5.73 Å². The Morgan fingerprint density at radius 2 is 2.06 bits per heavy atom. The van der Waals surface area contributed by atoms with Gasteiger partial charge in [-0.2, -0.15) is 0 Å². The lowest BCUT2D eigenvalue weighted by molar-refractivity contribution is 0.259. The molecule has 0 amide bonds. The molecule has 1 aliphatic heterocycles. The predicted octanol–water partition coefficient (Wildman–Crippen LogP) is 2.79. The second kappa shape index (κ2) is 6.55. The molecule has 2 nitrogen and oxygen atoms in total. The lowest BCUT2D eigenvalue weighted by Crippen LogP contribution is -2.38. The molecule has 0 aromatic rings. The Hall–Kier alpha value is -0.340. The van der Waals surface area contributed by atoms with E-state index in [2.05, 4.69) is 11.5 Å². The molecule has 0 bridgehead atoms. The van der Waals surface area contributed by atoms with Crippen LogP contribution in [0.25, 0.3) is 0 Å². The first kappa shape index (κ1) is 13.1. The highest BCUT2D eigenvalue weighted by molar-refractivity contribution is 4.92. The Bertz CT molecular complexity index is 239. The maximum absolute atomic E-state index is 6.24. The molecular weight excluding hydrogens is 208 g/mol. The van der Waals surface area contributed by atoms with Gasteiger partial charge in [-0.25, -0.2) is 0 Å². The second-order valence-corrected chi connectivity index (χ2v) is 5.92. The van der Waals surface area contributed by atoms with E-state index in [0.29, 0.717) is 6.04 Å². The van der Waals surface area contributed by atoms with Gasteiger partial charge in [0.15, 0.2) is 0 Å². The summed E-state index contributed by atoms with van der Waals surface area (Å²) in [4.78, 5) is 2.66. The molecule has 0 spiro atoms. The van der Waals surface area contributed by atoms with Crippen molar-refractivity contribution < 1.29 is 0 Å². The molecule has 2 N–H and O–H groups in total. The van der Waals surface area contributed by atoms with Crippen molar-refractivity contribution in [3.8, 4) is 0 Å². The van der Waals surface area contributed by atoms with E-state index in [4.69, 9.17) is 5.73 Å². The number of rotatable bonds is 6. The van der Waals surface area contributed by atoms with Crippen molar-refractivity contribution in [3.63, 3.8) is 0 Å². The van der Waals surface area contributed by atoms with Crippen LogP contribution in [0.2, 0.25) is 0 Å². The molecule has 98 valence electrons. The summed E-state index contributed by atoms with van der Waals surface area (Å²) in [5.41, 5.74) is 6.24. The third-order valence-corrected chi connectivity index (χ3v) is 4.61. The molecule has 2 heteroatoms. The summed E-state index contributed by atoms with van der Waals surface area (Å²) in [7, 11) is 0. The van der Waals surface area contributed by atoms with Crippen molar-refractivity contribution in [1.82, 2.24) is 4.90 Å². The lowest BCUT2D eigenvalue weighted by atomic mass is 9.78. The molecule has 17 heavy (non-hydrogen) atoms. The van der Waals surface area contributed by atoms with Gasteiger partial charge in [0, 0.05) is 19.1 Å². The lowest BCUT2D eigenvalue weighted by Gasteiger charge is -2.29. The van der Waals surface area contributed by atoms with E-state index >= 15 is 0 Å². The van der Waals surface area contributed by atoms with Crippen molar-refractivity contribution in [2.75, 3.05) is 19.6 Å². The fourth-order valence-electron chi connectivity index (χ4n) is 3.59. The molecule has 1 saturated carbocycles. The summed E-state index contributed by atoms with van der Waals surface area (Å²) >= 11 is 0. The highest BCUT2D eigenvalue weighted by atomic mass is 15.2. The number of hydrogen-bond acceptors (Lipinski definition) is 2. The Kier molecular flexibility index (Phi) is 5.05. The molecule has 0 radical (unpaired) electrons. The Morgan fingerprint density at radius 3 is 2.82 bits per heavy atom. The van der Waals surface area contributed by atoms with Gasteiger partial charge in [-0.3, -0.25) is 0 Å². The fourth-order valence-corrected chi connectivity index (χ4v) is 3.59. The number of allylic oxidation sites excluding steroid dienone is 1. The molecular formula is C15H28N2. The zero-order chi connectivity index (χ0) is 12.1. The third-order valence-electron chi connectivity index (χ3n) is 4.61. The monoisotopic (exact) mass is 236 g/mol. The summed E-state index contributed by atoms with van der Waals surface area (Å²) in [6.45, 7) is 7.65. The van der Waals surface area contributed by atoms with Crippen LogP contribution in [-0.2, 0) is 0 Å². The van der Waals surface area contributed by atoms with Gasteiger partial charge in [0.05, 0.1) is 0 Å². The van der Waals surface area contributed by atoms with Gasteiger partial charge in [0.2, 0.25) is 0 Å². The highest BCUT2D eigenvalue weighted by Gasteiger charge is 2.38. The van der Waals surface area contributed by atoms with Gasteiger partial charge in [0.25, 0.3) is 0 Å². The molecule has 2 aliphatic rings. The highest BCUT2D eigenvalue weighted by Crippen LogP contribution is 2.35. The average molecular weight is 236 g/mol. The SMILES string of the molecule is C=CCCCCCN1CC2CCCC(N)C2C1. The van der Waals surface area contributed by atoms with Crippen molar-refractivity contribution in [3.05, 3.63) is 12.7 Å². The smallest absolute Gasteiger partial charge is 0.00825 e. The zero-order valence-electron chi connectivity index (χ0n) is 11.1. The van der Waals surface area contributed by atoms with Crippen LogP contribution >= 0.6 is 0 Å². The van der Waals surface area contributed by atoms with Gasteiger partial charge in [0.1, 0.15) is 0 Å². The van der Waals surface area contributed by atoms with Crippen molar-refractivity contribution in [2.24, 2.45) is 17.6 Å². The second-order valence-electron chi connectivity index (χ2n) is 5.92. The summed E-state index contributed by atoms with van der Waals surface area (Å²) in [6.07, 6.45) is 11.3. The first-order chi connectivity index (χ1) is 8.31. The molecule has 0 aromatic carbocycles. The minimum absolute atomic E-state index is 0.486. The number of nitrogens with two attached hydrogens (primary N) is 1. The molecule has 3 atom stereocenters. The van der Waals surface area contributed by atoms with Gasteiger partial charge in [-0.15, -0.1) is 6.58 Å². The Labute approximate surface area is 106 Å². The first-order valence-corrected chi connectivity index (χ1v) is 7.40.